The lowest BCUT2D eigenvalue weighted by Crippen LogP contribution is -2.36. The monoisotopic (exact) mass is 313 g/mol. The Morgan fingerprint density at radius 3 is 2.83 bits per heavy atom. The lowest BCUT2D eigenvalue weighted by molar-refractivity contribution is 0.203. The topological polar surface area (TPSA) is 97.6 Å². The van der Waals surface area contributed by atoms with Gasteiger partial charge in [-0.3, -0.25) is 4.98 Å². The molecule has 1 aromatic carbocycles. The van der Waals surface area contributed by atoms with Crippen LogP contribution in [0.2, 0.25) is 0 Å². The number of guanidine groups is 1. The number of amides is 2. The van der Waals surface area contributed by atoms with Gasteiger partial charge in [-0.25, -0.2) is 9.18 Å². The predicted molar refractivity (Wildman–Crippen MR) is 85.0 cm³/mol. The predicted octanol–water partition coefficient (Wildman–Crippen LogP) is 1.64. The van der Waals surface area contributed by atoms with Gasteiger partial charge in [0.1, 0.15) is 5.82 Å². The van der Waals surface area contributed by atoms with Gasteiger partial charge in [-0.15, -0.1) is 0 Å². The van der Waals surface area contributed by atoms with Crippen LogP contribution in [-0.4, -0.2) is 28.4 Å². The smallest absolute Gasteiger partial charge is 0.347 e. The zero-order valence-corrected chi connectivity index (χ0v) is 12.4. The normalized spacial score (nSPS) is 13.3. The second-order valence-corrected chi connectivity index (χ2v) is 5.29. The van der Waals surface area contributed by atoms with E-state index < -0.39 is 11.8 Å². The fourth-order valence-electron chi connectivity index (χ4n) is 2.77. The summed E-state index contributed by atoms with van der Waals surface area (Å²) in [5.74, 6) is -0.664. The van der Waals surface area contributed by atoms with Gasteiger partial charge in [-0.1, -0.05) is 18.2 Å². The molecular weight excluding hydrogens is 297 g/mol. The van der Waals surface area contributed by atoms with E-state index in [1.165, 1.54) is 6.20 Å². The van der Waals surface area contributed by atoms with Crippen LogP contribution >= 0.6 is 0 Å². The van der Waals surface area contributed by atoms with Crippen molar-refractivity contribution in [3.63, 3.8) is 0 Å². The maximum atomic E-state index is 14.1. The van der Waals surface area contributed by atoms with Crippen LogP contribution in [0.5, 0.6) is 0 Å². The number of halogens is 1. The second kappa shape index (κ2) is 6.04. The summed E-state index contributed by atoms with van der Waals surface area (Å²) in [6.07, 6.45) is 3.39. The van der Waals surface area contributed by atoms with Crippen LogP contribution in [0.15, 0.2) is 41.7 Å². The molecule has 0 fully saturated rings. The molecule has 0 unspecified atom stereocenters. The van der Waals surface area contributed by atoms with E-state index in [0.717, 1.165) is 16.7 Å². The van der Waals surface area contributed by atoms with Crippen LogP contribution in [0.4, 0.5) is 9.18 Å². The third-order valence-corrected chi connectivity index (χ3v) is 3.83. The summed E-state index contributed by atoms with van der Waals surface area (Å²) >= 11 is 0. The highest BCUT2D eigenvalue weighted by Gasteiger charge is 2.23. The van der Waals surface area contributed by atoms with Crippen LogP contribution in [0.1, 0.15) is 11.1 Å². The second-order valence-electron chi connectivity index (χ2n) is 5.29. The van der Waals surface area contributed by atoms with E-state index in [4.69, 9.17) is 11.5 Å². The van der Waals surface area contributed by atoms with Crippen molar-refractivity contribution in [3.8, 4) is 11.1 Å². The molecule has 3 rings (SSSR count). The van der Waals surface area contributed by atoms with E-state index in [9.17, 15) is 9.18 Å². The number of nitrogens with two attached hydrogens (primary N) is 2. The number of benzene rings is 1. The zero-order valence-electron chi connectivity index (χ0n) is 12.4. The summed E-state index contributed by atoms with van der Waals surface area (Å²) in [6, 6.07) is 6.86. The molecule has 1 aliphatic heterocycles. The number of aliphatic imine (C=N–C) groups is 1. The third kappa shape index (κ3) is 2.98. The summed E-state index contributed by atoms with van der Waals surface area (Å²) < 4.78 is 14.1. The highest BCUT2D eigenvalue weighted by molar-refractivity contribution is 5.90. The molecule has 0 atom stereocenters. The fourth-order valence-corrected chi connectivity index (χ4v) is 2.77. The minimum atomic E-state index is -0.486. The average molecular weight is 313 g/mol. The Morgan fingerprint density at radius 1 is 1.26 bits per heavy atom. The number of aromatic nitrogens is 1. The van der Waals surface area contributed by atoms with Crippen molar-refractivity contribution in [2.45, 2.75) is 13.0 Å². The molecule has 4 N–H and O–H groups in total. The summed E-state index contributed by atoms with van der Waals surface area (Å²) in [6.45, 7) is 0.855. The number of urea groups is 1. The maximum Gasteiger partial charge on any atom is 0.347 e. The molecule has 2 amide bonds. The first-order valence-electron chi connectivity index (χ1n) is 7.15. The molecule has 2 heterocycles. The van der Waals surface area contributed by atoms with E-state index in [2.05, 4.69) is 9.98 Å². The number of pyridine rings is 1. The molecule has 23 heavy (non-hydrogen) atoms. The van der Waals surface area contributed by atoms with E-state index in [-0.39, 0.29) is 5.96 Å². The Morgan fingerprint density at radius 2 is 2.09 bits per heavy atom. The number of fused-ring (bicyclic) bond motifs is 1. The number of carbonyl (C=O) groups is 1. The standard InChI is InChI=1S/C16H16FN5O/c17-14-8-20-6-4-12(14)11-3-1-2-10-5-7-22(9-13(10)11)16(23)21-15(18)19/h1-4,6,8H,5,7,9H2,(H4,18,19,21,23). The highest BCUT2D eigenvalue weighted by Crippen LogP contribution is 2.31. The molecular formula is C16H16FN5O. The van der Waals surface area contributed by atoms with Crippen molar-refractivity contribution in [1.82, 2.24) is 9.88 Å². The number of rotatable bonds is 1. The highest BCUT2D eigenvalue weighted by atomic mass is 19.1. The molecule has 1 aromatic heterocycles. The summed E-state index contributed by atoms with van der Waals surface area (Å²) in [5.41, 5.74) is 13.7. The summed E-state index contributed by atoms with van der Waals surface area (Å²) in [7, 11) is 0. The molecule has 6 nitrogen and oxygen atoms in total. The Kier molecular flexibility index (Phi) is 3.92. The Labute approximate surface area is 132 Å². The van der Waals surface area contributed by atoms with Crippen LogP contribution in [0.25, 0.3) is 11.1 Å². The van der Waals surface area contributed by atoms with Crippen molar-refractivity contribution in [2.24, 2.45) is 16.5 Å². The van der Waals surface area contributed by atoms with Crippen molar-refractivity contribution >= 4 is 12.0 Å². The molecule has 2 aromatic rings. The first-order chi connectivity index (χ1) is 11.1. The number of nitrogens with zero attached hydrogens (tertiary/aromatic N) is 3. The lowest BCUT2D eigenvalue weighted by atomic mass is 9.91. The van der Waals surface area contributed by atoms with Crippen molar-refractivity contribution in [2.75, 3.05) is 6.54 Å². The van der Waals surface area contributed by atoms with Gasteiger partial charge in [-0.2, -0.15) is 4.99 Å². The molecule has 1 aliphatic rings. The Hall–Kier alpha value is -2.96. The molecule has 0 aliphatic carbocycles. The quantitative estimate of drug-likeness (QED) is 0.617. The molecule has 0 saturated heterocycles. The van der Waals surface area contributed by atoms with Gasteiger partial charge in [0.05, 0.1) is 6.20 Å². The number of hydrogen-bond donors (Lipinski definition) is 2. The Bertz CT molecular complexity index is 786. The minimum Gasteiger partial charge on any atom is -0.370 e. The van der Waals surface area contributed by atoms with Crippen molar-refractivity contribution in [1.29, 1.82) is 0 Å². The first kappa shape index (κ1) is 15.0. The lowest BCUT2D eigenvalue weighted by Gasteiger charge is -2.29. The van der Waals surface area contributed by atoms with Gasteiger partial charge in [-0.05, 0) is 29.2 Å². The molecule has 0 bridgehead atoms. The average Bonchev–Trinajstić information content (AvgIpc) is 2.54. The van der Waals surface area contributed by atoms with Gasteiger partial charge in [0.25, 0.3) is 0 Å². The SMILES string of the molecule is NC(N)=NC(=O)N1CCc2cccc(-c3ccncc3F)c2C1. The largest absolute Gasteiger partial charge is 0.370 e. The Balaban J connectivity index is 2.00. The number of carbonyl (C=O) groups excluding carboxylic acids is 1. The van der Waals surface area contributed by atoms with Gasteiger partial charge >= 0.3 is 6.03 Å². The molecule has 0 radical (unpaired) electrons. The van der Waals surface area contributed by atoms with E-state index in [0.29, 0.717) is 25.1 Å². The van der Waals surface area contributed by atoms with Crippen LogP contribution in [0, 0.1) is 5.82 Å². The van der Waals surface area contributed by atoms with Gasteiger partial charge < -0.3 is 16.4 Å². The van der Waals surface area contributed by atoms with Crippen LogP contribution in [0.3, 0.4) is 0 Å². The third-order valence-electron chi connectivity index (χ3n) is 3.83. The minimum absolute atomic E-state index is 0.269. The van der Waals surface area contributed by atoms with Crippen LogP contribution < -0.4 is 11.5 Å². The van der Waals surface area contributed by atoms with Gasteiger partial charge in [0, 0.05) is 24.8 Å². The molecule has 0 spiro atoms. The van der Waals surface area contributed by atoms with E-state index in [1.54, 1.807) is 17.2 Å². The summed E-state index contributed by atoms with van der Waals surface area (Å²) in [5, 5.41) is 0. The summed E-state index contributed by atoms with van der Waals surface area (Å²) in [4.78, 5) is 20.9. The molecule has 0 saturated carbocycles. The first-order valence-corrected chi connectivity index (χ1v) is 7.15. The van der Waals surface area contributed by atoms with Crippen molar-refractivity contribution < 1.29 is 9.18 Å². The van der Waals surface area contributed by atoms with E-state index >= 15 is 0 Å². The van der Waals surface area contributed by atoms with E-state index in [1.807, 2.05) is 18.2 Å². The van der Waals surface area contributed by atoms with Gasteiger partial charge in [0.15, 0.2) is 5.96 Å². The van der Waals surface area contributed by atoms with Crippen LogP contribution in [-0.2, 0) is 13.0 Å². The number of hydrogen-bond acceptors (Lipinski definition) is 2. The maximum absolute atomic E-state index is 14.1. The van der Waals surface area contributed by atoms with Gasteiger partial charge in [0.2, 0.25) is 0 Å². The molecule has 118 valence electrons. The molecule has 7 heteroatoms. The van der Waals surface area contributed by atoms with Crippen molar-refractivity contribution in [3.05, 3.63) is 53.6 Å². The zero-order chi connectivity index (χ0) is 16.4. The fraction of sp³-hybridized carbons (Fsp3) is 0.188.